The molecule has 142 valence electrons. The van der Waals surface area contributed by atoms with E-state index < -0.39 is 5.60 Å². The van der Waals surface area contributed by atoms with Gasteiger partial charge in [-0.2, -0.15) is 0 Å². The third-order valence-corrected chi connectivity index (χ3v) is 4.33. The summed E-state index contributed by atoms with van der Waals surface area (Å²) in [7, 11) is 0. The summed E-state index contributed by atoms with van der Waals surface area (Å²) < 4.78 is 11.3. The molecule has 0 aliphatic carbocycles. The van der Waals surface area contributed by atoms with Crippen LogP contribution >= 0.6 is 11.6 Å². The van der Waals surface area contributed by atoms with Crippen molar-refractivity contribution in [1.29, 1.82) is 0 Å². The molecule has 0 spiro atoms. The Bertz CT molecular complexity index is 882. The number of rotatable bonds is 5. The van der Waals surface area contributed by atoms with Gasteiger partial charge in [-0.15, -0.1) is 0 Å². The number of carbonyl (C=O) groups is 2. The number of hydrogen-bond donors (Lipinski definition) is 1. The van der Waals surface area contributed by atoms with Crippen LogP contribution in [0.15, 0.2) is 42.5 Å². The molecule has 0 bridgehead atoms. The monoisotopic (exact) mass is 388 g/mol. The Morgan fingerprint density at radius 3 is 2.74 bits per heavy atom. The minimum atomic E-state index is -1.08. The Kier molecular flexibility index (Phi) is 5.28. The standard InChI is InChI=1S/C20H21ClN2O4/c1-4-26-16-8-6-5-7-14(16)22-18(24)12-23-15-11-13(21)9-10-17(15)27-20(2,3)19(23)25/h5-11H,4,12H2,1-3H3,(H,22,24). The molecule has 7 heteroatoms. The molecule has 0 radical (unpaired) electrons. The molecule has 0 atom stereocenters. The number of carbonyl (C=O) groups excluding carboxylic acids is 2. The van der Waals surface area contributed by atoms with Gasteiger partial charge in [-0.1, -0.05) is 23.7 Å². The molecule has 0 saturated heterocycles. The normalized spacial score (nSPS) is 15.0. The third-order valence-electron chi connectivity index (χ3n) is 4.10. The maximum absolute atomic E-state index is 12.8. The maximum atomic E-state index is 12.8. The number of fused-ring (bicyclic) bond motifs is 1. The van der Waals surface area contributed by atoms with Gasteiger partial charge < -0.3 is 14.8 Å². The van der Waals surface area contributed by atoms with Crippen molar-refractivity contribution in [3.8, 4) is 11.5 Å². The zero-order valence-electron chi connectivity index (χ0n) is 15.4. The third kappa shape index (κ3) is 4.01. The summed E-state index contributed by atoms with van der Waals surface area (Å²) >= 11 is 6.07. The van der Waals surface area contributed by atoms with Gasteiger partial charge in [0.1, 0.15) is 18.0 Å². The number of nitrogens with one attached hydrogen (secondary N) is 1. The van der Waals surface area contributed by atoms with Crippen LogP contribution in [0.4, 0.5) is 11.4 Å². The van der Waals surface area contributed by atoms with Crippen molar-refractivity contribution in [2.24, 2.45) is 0 Å². The average molecular weight is 389 g/mol. The SMILES string of the molecule is CCOc1ccccc1NC(=O)CN1C(=O)C(C)(C)Oc2ccc(Cl)cc21. The van der Waals surface area contributed by atoms with Crippen molar-refractivity contribution in [1.82, 2.24) is 0 Å². The predicted molar refractivity (Wildman–Crippen MR) is 105 cm³/mol. The van der Waals surface area contributed by atoms with Gasteiger partial charge in [0.25, 0.3) is 5.91 Å². The van der Waals surface area contributed by atoms with E-state index in [1.54, 1.807) is 50.2 Å². The fourth-order valence-corrected chi connectivity index (χ4v) is 3.05. The van der Waals surface area contributed by atoms with Crippen LogP contribution < -0.4 is 19.7 Å². The Morgan fingerprint density at radius 2 is 2.00 bits per heavy atom. The molecule has 0 saturated carbocycles. The van der Waals surface area contributed by atoms with E-state index in [0.717, 1.165) is 0 Å². The van der Waals surface area contributed by atoms with Crippen LogP contribution in [0.5, 0.6) is 11.5 Å². The molecule has 27 heavy (non-hydrogen) atoms. The van der Waals surface area contributed by atoms with Crippen LogP contribution in [-0.4, -0.2) is 30.6 Å². The lowest BCUT2D eigenvalue weighted by Gasteiger charge is -2.38. The molecule has 0 unspecified atom stereocenters. The summed E-state index contributed by atoms with van der Waals surface area (Å²) in [5, 5.41) is 3.26. The van der Waals surface area contributed by atoms with Crippen LogP contribution in [0, 0.1) is 0 Å². The Balaban J connectivity index is 1.85. The summed E-state index contributed by atoms with van der Waals surface area (Å²) in [4.78, 5) is 26.9. The highest BCUT2D eigenvalue weighted by atomic mass is 35.5. The summed E-state index contributed by atoms with van der Waals surface area (Å²) in [6.07, 6.45) is 0. The van der Waals surface area contributed by atoms with Crippen molar-refractivity contribution in [2.45, 2.75) is 26.4 Å². The molecule has 0 aromatic heterocycles. The van der Waals surface area contributed by atoms with Gasteiger partial charge in [0.05, 0.1) is 18.0 Å². The number of hydrogen-bond acceptors (Lipinski definition) is 4. The zero-order valence-corrected chi connectivity index (χ0v) is 16.2. The number of nitrogens with zero attached hydrogens (tertiary/aromatic N) is 1. The van der Waals surface area contributed by atoms with E-state index in [0.29, 0.717) is 34.5 Å². The van der Waals surface area contributed by atoms with Crippen LogP contribution in [0.25, 0.3) is 0 Å². The highest BCUT2D eigenvalue weighted by Gasteiger charge is 2.41. The van der Waals surface area contributed by atoms with E-state index in [9.17, 15) is 9.59 Å². The van der Waals surface area contributed by atoms with E-state index in [2.05, 4.69) is 5.32 Å². The highest BCUT2D eigenvalue weighted by Crippen LogP contribution is 2.39. The minimum Gasteiger partial charge on any atom is -0.492 e. The van der Waals surface area contributed by atoms with Crippen LogP contribution in [0.1, 0.15) is 20.8 Å². The molecule has 3 rings (SSSR count). The number of benzene rings is 2. The van der Waals surface area contributed by atoms with E-state index in [4.69, 9.17) is 21.1 Å². The van der Waals surface area contributed by atoms with Crippen molar-refractivity contribution >= 4 is 34.8 Å². The minimum absolute atomic E-state index is 0.167. The first-order chi connectivity index (χ1) is 12.8. The van der Waals surface area contributed by atoms with Gasteiger partial charge in [-0.25, -0.2) is 0 Å². The quantitative estimate of drug-likeness (QED) is 0.843. The highest BCUT2D eigenvalue weighted by molar-refractivity contribution is 6.31. The molecule has 1 N–H and O–H groups in total. The molecule has 2 amide bonds. The van der Waals surface area contributed by atoms with Gasteiger partial charge in [-0.05, 0) is 51.1 Å². The second-order valence-electron chi connectivity index (χ2n) is 6.59. The van der Waals surface area contributed by atoms with Crippen molar-refractivity contribution < 1.29 is 19.1 Å². The summed E-state index contributed by atoms with van der Waals surface area (Å²) in [6, 6.07) is 12.1. The Labute approximate surface area is 163 Å². The van der Waals surface area contributed by atoms with Crippen LogP contribution in [0.2, 0.25) is 5.02 Å². The van der Waals surface area contributed by atoms with Crippen molar-refractivity contribution in [3.63, 3.8) is 0 Å². The first-order valence-corrected chi connectivity index (χ1v) is 9.02. The molecule has 1 heterocycles. The van der Waals surface area contributed by atoms with Crippen molar-refractivity contribution in [2.75, 3.05) is 23.4 Å². The fraction of sp³-hybridized carbons (Fsp3) is 0.300. The lowest BCUT2D eigenvalue weighted by Crippen LogP contribution is -2.54. The lowest BCUT2D eigenvalue weighted by atomic mass is 10.0. The smallest absolute Gasteiger partial charge is 0.271 e. The first kappa shape index (κ1) is 19.0. The molecular formula is C20H21ClN2O4. The number of ether oxygens (including phenoxy) is 2. The van der Waals surface area contributed by atoms with Gasteiger partial charge >= 0.3 is 0 Å². The lowest BCUT2D eigenvalue weighted by molar-refractivity contribution is -0.133. The predicted octanol–water partition coefficient (Wildman–Crippen LogP) is 3.88. The second kappa shape index (κ2) is 7.48. The summed E-state index contributed by atoms with van der Waals surface area (Å²) in [5.74, 6) is 0.418. The molecular weight excluding hydrogens is 368 g/mol. The van der Waals surface area contributed by atoms with Gasteiger partial charge in [0, 0.05) is 5.02 Å². The number of anilines is 2. The Hall–Kier alpha value is -2.73. The van der Waals surface area contributed by atoms with Gasteiger partial charge in [0.15, 0.2) is 5.60 Å². The number of amides is 2. The largest absolute Gasteiger partial charge is 0.492 e. The molecule has 6 nitrogen and oxygen atoms in total. The molecule has 1 aliphatic heterocycles. The fourth-order valence-electron chi connectivity index (χ4n) is 2.88. The first-order valence-electron chi connectivity index (χ1n) is 8.64. The number of halogens is 1. The molecule has 2 aromatic carbocycles. The maximum Gasteiger partial charge on any atom is 0.271 e. The van der Waals surface area contributed by atoms with E-state index in [1.165, 1.54) is 4.90 Å². The molecule has 1 aliphatic rings. The van der Waals surface area contributed by atoms with Crippen LogP contribution in [0.3, 0.4) is 0 Å². The van der Waals surface area contributed by atoms with Gasteiger partial charge in [0.2, 0.25) is 5.91 Å². The van der Waals surface area contributed by atoms with E-state index >= 15 is 0 Å². The topological polar surface area (TPSA) is 67.9 Å². The zero-order chi connectivity index (χ0) is 19.6. The van der Waals surface area contributed by atoms with Gasteiger partial charge in [-0.3, -0.25) is 14.5 Å². The van der Waals surface area contributed by atoms with Crippen LogP contribution in [-0.2, 0) is 9.59 Å². The Morgan fingerprint density at radius 1 is 1.26 bits per heavy atom. The van der Waals surface area contributed by atoms with Crippen molar-refractivity contribution in [3.05, 3.63) is 47.5 Å². The summed E-state index contributed by atoms with van der Waals surface area (Å²) in [5.41, 5.74) is -0.0552. The number of para-hydroxylation sites is 2. The van der Waals surface area contributed by atoms with E-state index in [1.807, 2.05) is 13.0 Å². The average Bonchev–Trinajstić information content (AvgIpc) is 2.61. The molecule has 0 fully saturated rings. The summed E-state index contributed by atoms with van der Waals surface area (Å²) in [6.45, 7) is 5.52. The van der Waals surface area contributed by atoms with E-state index in [-0.39, 0.29) is 18.4 Å². The molecule has 2 aromatic rings. The second-order valence-corrected chi connectivity index (χ2v) is 7.03.